The molecule has 6 nitrogen and oxygen atoms in total. The predicted octanol–water partition coefficient (Wildman–Crippen LogP) is 2.49. The highest BCUT2D eigenvalue weighted by Gasteiger charge is 2.26. The van der Waals surface area contributed by atoms with Crippen LogP contribution in [0.1, 0.15) is 29.8 Å². The number of aliphatic hydroxyl groups excluding tert-OH is 1. The molecule has 0 radical (unpaired) electrons. The fourth-order valence-corrected chi connectivity index (χ4v) is 3.39. The topological polar surface area (TPSA) is 61.7 Å². The summed E-state index contributed by atoms with van der Waals surface area (Å²) in [5.74, 6) is 0. The molecular formula is C20H28N4O2. The molecule has 0 amide bonds. The van der Waals surface area contributed by atoms with Gasteiger partial charge in [0.2, 0.25) is 0 Å². The zero-order valence-electron chi connectivity index (χ0n) is 15.6. The predicted molar refractivity (Wildman–Crippen MR) is 102 cm³/mol. The van der Waals surface area contributed by atoms with Gasteiger partial charge in [0.25, 0.3) is 0 Å². The molecule has 0 spiro atoms. The van der Waals surface area contributed by atoms with Gasteiger partial charge in [-0.15, -0.1) is 0 Å². The van der Waals surface area contributed by atoms with Crippen LogP contribution in [0, 0.1) is 13.8 Å². The number of aromatic nitrogens is 2. The molecule has 0 aromatic carbocycles. The number of nitrogens with zero attached hydrogens (tertiary/aromatic N) is 4. The van der Waals surface area contributed by atoms with Gasteiger partial charge in [0.1, 0.15) is 0 Å². The van der Waals surface area contributed by atoms with Crippen LogP contribution in [-0.2, 0) is 11.4 Å². The minimum absolute atomic E-state index is 0.0180. The summed E-state index contributed by atoms with van der Waals surface area (Å²) < 4.78 is 0. The van der Waals surface area contributed by atoms with E-state index in [0.717, 1.165) is 43.0 Å². The van der Waals surface area contributed by atoms with E-state index in [4.69, 9.17) is 4.84 Å². The molecule has 0 unspecified atom stereocenters. The first-order chi connectivity index (χ1) is 12.7. The van der Waals surface area contributed by atoms with Crippen LogP contribution in [0.15, 0.2) is 36.7 Å². The Morgan fingerprint density at radius 1 is 1.23 bits per heavy atom. The highest BCUT2D eigenvalue weighted by Crippen LogP contribution is 2.23. The molecule has 1 saturated heterocycles. The van der Waals surface area contributed by atoms with Gasteiger partial charge in [0.15, 0.2) is 0 Å². The monoisotopic (exact) mass is 356 g/mol. The lowest BCUT2D eigenvalue weighted by Gasteiger charge is -2.39. The minimum atomic E-state index is 0.0180. The van der Waals surface area contributed by atoms with Gasteiger partial charge in [-0.3, -0.25) is 14.8 Å². The molecule has 0 bridgehead atoms. The van der Waals surface area contributed by atoms with Crippen molar-refractivity contribution in [3.05, 3.63) is 53.6 Å². The van der Waals surface area contributed by atoms with Crippen molar-refractivity contribution < 1.29 is 9.94 Å². The van der Waals surface area contributed by atoms with Crippen molar-refractivity contribution in [3.8, 4) is 0 Å². The molecule has 1 N–H and O–H groups in total. The van der Waals surface area contributed by atoms with Crippen LogP contribution in [-0.4, -0.2) is 52.5 Å². The second-order valence-corrected chi connectivity index (χ2v) is 6.84. The first kappa shape index (κ1) is 18.8. The van der Waals surface area contributed by atoms with Gasteiger partial charge < -0.3 is 10.0 Å². The normalized spacial score (nSPS) is 17.7. The zero-order chi connectivity index (χ0) is 18.4. The molecule has 1 aliphatic heterocycles. The molecule has 6 heteroatoms. The lowest BCUT2D eigenvalue weighted by Crippen LogP contribution is -2.48. The maximum Gasteiger partial charge on any atom is 0.0916 e. The third-order valence-electron chi connectivity index (χ3n) is 4.71. The van der Waals surface area contributed by atoms with Crippen LogP contribution in [0.4, 0.5) is 5.69 Å². The molecule has 0 saturated carbocycles. The summed E-state index contributed by atoms with van der Waals surface area (Å²) in [4.78, 5) is 17.0. The van der Waals surface area contributed by atoms with Crippen LogP contribution in [0.3, 0.4) is 0 Å². The Morgan fingerprint density at radius 3 is 2.85 bits per heavy atom. The van der Waals surface area contributed by atoms with Gasteiger partial charge in [-0.05, 0) is 56.5 Å². The highest BCUT2D eigenvalue weighted by atomic mass is 16.7. The summed E-state index contributed by atoms with van der Waals surface area (Å²) in [7, 11) is 0. The van der Waals surface area contributed by atoms with Crippen LogP contribution in [0.5, 0.6) is 0 Å². The average molecular weight is 356 g/mol. The molecule has 0 aliphatic carbocycles. The summed E-state index contributed by atoms with van der Waals surface area (Å²) in [5, 5.41) is 11.2. The SMILES string of the molecule is Cc1ccc(N2CCC[C@H](N(Cc3ccnc(C)c3)OCCO)C2)cn1. The van der Waals surface area contributed by atoms with E-state index in [-0.39, 0.29) is 12.6 Å². The Morgan fingerprint density at radius 2 is 2.12 bits per heavy atom. The number of aliphatic hydroxyl groups is 1. The maximum atomic E-state index is 9.20. The summed E-state index contributed by atoms with van der Waals surface area (Å²) in [6, 6.07) is 8.56. The van der Waals surface area contributed by atoms with Gasteiger partial charge in [-0.1, -0.05) is 0 Å². The Labute approximate surface area is 155 Å². The molecule has 1 aliphatic rings. The minimum Gasteiger partial charge on any atom is -0.394 e. The Hall–Kier alpha value is -2.02. The summed E-state index contributed by atoms with van der Waals surface area (Å²) in [6.07, 6.45) is 5.96. The van der Waals surface area contributed by atoms with E-state index in [2.05, 4.69) is 33.1 Å². The van der Waals surface area contributed by atoms with Crippen molar-refractivity contribution in [1.82, 2.24) is 15.0 Å². The summed E-state index contributed by atoms with van der Waals surface area (Å²) in [5.41, 5.74) is 4.36. The average Bonchev–Trinajstić information content (AvgIpc) is 2.66. The first-order valence-electron chi connectivity index (χ1n) is 9.25. The van der Waals surface area contributed by atoms with Crippen LogP contribution < -0.4 is 4.90 Å². The Balaban J connectivity index is 1.71. The van der Waals surface area contributed by atoms with E-state index in [1.165, 1.54) is 5.56 Å². The number of aryl methyl sites for hydroxylation is 2. The first-order valence-corrected chi connectivity index (χ1v) is 9.25. The van der Waals surface area contributed by atoms with Crippen molar-refractivity contribution in [3.63, 3.8) is 0 Å². The number of anilines is 1. The number of hydrogen-bond donors (Lipinski definition) is 1. The van der Waals surface area contributed by atoms with Crippen molar-refractivity contribution in [1.29, 1.82) is 0 Å². The van der Waals surface area contributed by atoms with Crippen molar-refractivity contribution in [2.24, 2.45) is 0 Å². The van der Waals surface area contributed by atoms with Crippen molar-refractivity contribution in [2.75, 3.05) is 31.2 Å². The number of pyridine rings is 2. The maximum absolute atomic E-state index is 9.20. The molecule has 3 heterocycles. The van der Waals surface area contributed by atoms with E-state index < -0.39 is 0 Å². The fourth-order valence-electron chi connectivity index (χ4n) is 3.39. The second kappa shape index (κ2) is 9.07. The molecular weight excluding hydrogens is 328 g/mol. The summed E-state index contributed by atoms with van der Waals surface area (Å²) in [6.45, 7) is 6.94. The summed E-state index contributed by atoms with van der Waals surface area (Å²) >= 11 is 0. The standard InChI is InChI=1S/C20H28N4O2/c1-16-5-6-19(13-22-16)23-9-3-4-20(15-23)24(26-11-10-25)14-18-7-8-21-17(2)12-18/h5-8,12-13,20,25H,3-4,9-11,14-15H2,1-2H3/t20-/m0/s1. The number of rotatable bonds is 7. The molecule has 26 heavy (non-hydrogen) atoms. The van der Waals surface area contributed by atoms with Gasteiger partial charge in [0, 0.05) is 37.2 Å². The number of hydrogen-bond acceptors (Lipinski definition) is 6. The van der Waals surface area contributed by atoms with Gasteiger partial charge in [-0.2, -0.15) is 5.06 Å². The molecule has 140 valence electrons. The Bertz CT molecular complexity index is 692. The smallest absolute Gasteiger partial charge is 0.0916 e. The lowest BCUT2D eigenvalue weighted by atomic mass is 10.0. The molecule has 2 aromatic heterocycles. The van der Waals surface area contributed by atoms with E-state index in [1.54, 1.807) is 0 Å². The zero-order valence-corrected chi connectivity index (χ0v) is 15.6. The van der Waals surface area contributed by atoms with Crippen LogP contribution >= 0.6 is 0 Å². The molecule has 1 fully saturated rings. The number of piperidine rings is 1. The fraction of sp³-hybridized carbons (Fsp3) is 0.500. The third-order valence-corrected chi connectivity index (χ3v) is 4.71. The van der Waals surface area contributed by atoms with E-state index in [9.17, 15) is 5.11 Å². The van der Waals surface area contributed by atoms with Crippen molar-refractivity contribution in [2.45, 2.75) is 39.3 Å². The second-order valence-electron chi connectivity index (χ2n) is 6.84. The molecule has 1 atom stereocenters. The largest absolute Gasteiger partial charge is 0.394 e. The Kier molecular flexibility index (Phi) is 6.55. The van der Waals surface area contributed by atoms with E-state index >= 15 is 0 Å². The third kappa shape index (κ3) is 5.00. The lowest BCUT2D eigenvalue weighted by molar-refractivity contribution is -0.200. The van der Waals surface area contributed by atoms with Crippen molar-refractivity contribution >= 4 is 5.69 Å². The van der Waals surface area contributed by atoms with E-state index in [1.807, 2.05) is 37.4 Å². The van der Waals surface area contributed by atoms with Gasteiger partial charge >= 0.3 is 0 Å². The van der Waals surface area contributed by atoms with Gasteiger partial charge in [0.05, 0.1) is 31.1 Å². The molecule has 3 rings (SSSR count). The quantitative estimate of drug-likeness (QED) is 0.769. The van der Waals surface area contributed by atoms with Crippen LogP contribution in [0.25, 0.3) is 0 Å². The number of hydroxylamine groups is 2. The highest BCUT2D eigenvalue weighted by molar-refractivity contribution is 5.45. The van der Waals surface area contributed by atoms with Gasteiger partial charge in [-0.25, -0.2) is 0 Å². The molecule has 2 aromatic rings. The van der Waals surface area contributed by atoms with Crippen LogP contribution in [0.2, 0.25) is 0 Å². The van der Waals surface area contributed by atoms with E-state index in [0.29, 0.717) is 13.2 Å².